The molecule has 2 rings (SSSR count). The van der Waals surface area contributed by atoms with Gasteiger partial charge in [0.25, 0.3) is 0 Å². The lowest BCUT2D eigenvalue weighted by Crippen LogP contribution is -2.02. The molecule has 1 aromatic rings. The average molecular weight is 237 g/mol. The Bertz CT molecular complexity index is 544. The Morgan fingerprint density at radius 3 is 2.75 bits per heavy atom. The molecule has 86 valence electrons. The quantitative estimate of drug-likeness (QED) is 0.870. The predicted molar refractivity (Wildman–Crippen MR) is 64.7 cm³/mol. The zero-order valence-corrected chi connectivity index (χ0v) is 10.0. The maximum absolute atomic E-state index is 11.9. The maximum Gasteiger partial charge on any atom is 0.203 e. The highest BCUT2D eigenvalue weighted by atomic mass is 32.2. The van der Waals surface area contributed by atoms with Gasteiger partial charge in [-0.1, -0.05) is 12.1 Å². The van der Waals surface area contributed by atoms with Gasteiger partial charge in [-0.25, -0.2) is 8.42 Å². The highest BCUT2D eigenvalue weighted by Crippen LogP contribution is 2.33. The molecule has 2 N–H and O–H groups in total. The first-order valence-electron chi connectivity index (χ1n) is 5.32. The van der Waals surface area contributed by atoms with Crippen molar-refractivity contribution < 1.29 is 8.42 Å². The topological polar surface area (TPSA) is 60.2 Å². The number of allylic oxidation sites excluding steroid dienone is 1. The van der Waals surface area contributed by atoms with Crippen LogP contribution in [-0.4, -0.2) is 15.0 Å². The summed E-state index contributed by atoms with van der Waals surface area (Å²) in [4.78, 5) is 0.873. The molecule has 0 radical (unpaired) electrons. The maximum atomic E-state index is 11.9. The van der Waals surface area contributed by atoms with Gasteiger partial charge in [0, 0.05) is 4.91 Å². The fraction of sp³-hybridized carbons (Fsp3) is 0.333. The summed E-state index contributed by atoms with van der Waals surface area (Å²) in [7, 11) is -3.20. The Kier molecular flexibility index (Phi) is 2.86. The van der Waals surface area contributed by atoms with Crippen LogP contribution in [0.1, 0.15) is 24.5 Å². The van der Waals surface area contributed by atoms with E-state index < -0.39 is 9.84 Å². The lowest BCUT2D eigenvalue weighted by Gasteiger charge is -2.04. The van der Waals surface area contributed by atoms with Crippen LogP contribution >= 0.6 is 0 Å². The molecule has 0 aliphatic carbocycles. The van der Waals surface area contributed by atoms with Crippen LogP contribution in [0.25, 0.3) is 6.08 Å². The van der Waals surface area contributed by atoms with Crippen molar-refractivity contribution in [3.8, 4) is 0 Å². The summed E-state index contributed by atoms with van der Waals surface area (Å²) in [5.41, 5.74) is 7.27. The molecule has 0 spiro atoms. The molecule has 0 saturated heterocycles. The Morgan fingerprint density at radius 2 is 2.06 bits per heavy atom. The van der Waals surface area contributed by atoms with Gasteiger partial charge in [0.1, 0.15) is 0 Å². The van der Waals surface area contributed by atoms with Crippen LogP contribution in [0.15, 0.2) is 28.0 Å². The minimum absolute atomic E-state index is 0.429. The number of hydrogen-bond donors (Lipinski definition) is 1. The van der Waals surface area contributed by atoms with Crippen molar-refractivity contribution in [3.63, 3.8) is 0 Å². The van der Waals surface area contributed by atoms with Crippen molar-refractivity contribution in [2.45, 2.75) is 24.7 Å². The van der Waals surface area contributed by atoms with E-state index >= 15 is 0 Å². The fourth-order valence-corrected chi connectivity index (χ4v) is 3.24. The van der Waals surface area contributed by atoms with Crippen LogP contribution in [0.2, 0.25) is 0 Å². The van der Waals surface area contributed by atoms with E-state index in [2.05, 4.69) is 0 Å². The number of hydrogen-bond acceptors (Lipinski definition) is 3. The van der Waals surface area contributed by atoms with Gasteiger partial charge in [-0.05, 0) is 49.6 Å². The number of aryl methyl sites for hydroxylation is 1. The minimum Gasteiger partial charge on any atom is -0.330 e. The SMILES string of the molecule is CC1=Cc2ccc(CCCN)cc2S1(=O)=O. The Hall–Kier alpha value is -1.13. The third-order valence-corrected chi connectivity index (χ3v) is 4.72. The summed E-state index contributed by atoms with van der Waals surface area (Å²) in [6, 6.07) is 5.61. The second-order valence-electron chi connectivity index (χ2n) is 4.02. The lowest BCUT2D eigenvalue weighted by molar-refractivity contribution is 0.603. The van der Waals surface area contributed by atoms with E-state index in [-0.39, 0.29) is 0 Å². The Labute approximate surface area is 95.9 Å². The molecule has 0 amide bonds. The van der Waals surface area contributed by atoms with Crippen LogP contribution in [-0.2, 0) is 16.3 Å². The second kappa shape index (κ2) is 4.03. The molecule has 1 aliphatic heterocycles. The van der Waals surface area contributed by atoms with Gasteiger partial charge in [0.15, 0.2) is 0 Å². The molecular weight excluding hydrogens is 222 g/mol. The van der Waals surface area contributed by atoms with Gasteiger partial charge >= 0.3 is 0 Å². The summed E-state index contributed by atoms with van der Waals surface area (Å²) >= 11 is 0. The summed E-state index contributed by atoms with van der Waals surface area (Å²) < 4.78 is 23.8. The number of rotatable bonds is 3. The van der Waals surface area contributed by atoms with Crippen molar-refractivity contribution in [2.24, 2.45) is 5.73 Å². The van der Waals surface area contributed by atoms with E-state index in [0.29, 0.717) is 16.3 Å². The zero-order valence-electron chi connectivity index (χ0n) is 9.23. The summed E-state index contributed by atoms with van der Waals surface area (Å²) in [5.74, 6) is 0. The van der Waals surface area contributed by atoms with Gasteiger partial charge in [-0.2, -0.15) is 0 Å². The van der Waals surface area contributed by atoms with E-state index in [1.54, 1.807) is 19.1 Å². The lowest BCUT2D eigenvalue weighted by atomic mass is 10.1. The van der Waals surface area contributed by atoms with Crippen molar-refractivity contribution in [1.82, 2.24) is 0 Å². The van der Waals surface area contributed by atoms with E-state index in [0.717, 1.165) is 24.0 Å². The summed E-state index contributed by atoms with van der Waals surface area (Å²) in [5, 5.41) is 0. The van der Waals surface area contributed by atoms with Gasteiger partial charge in [-0.3, -0.25) is 0 Å². The first kappa shape index (κ1) is 11.4. The first-order chi connectivity index (χ1) is 7.55. The Morgan fingerprint density at radius 1 is 1.31 bits per heavy atom. The van der Waals surface area contributed by atoms with E-state index in [1.807, 2.05) is 12.1 Å². The smallest absolute Gasteiger partial charge is 0.203 e. The van der Waals surface area contributed by atoms with E-state index in [9.17, 15) is 8.42 Å². The second-order valence-corrected chi connectivity index (χ2v) is 6.11. The van der Waals surface area contributed by atoms with Gasteiger partial charge in [-0.15, -0.1) is 0 Å². The van der Waals surface area contributed by atoms with Crippen molar-refractivity contribution in [3.05, 3.63) is 34.2 Å². The molecule has 0 atom stereocenters. The number of fused-ring (bicyclic) bond motifs is 1. The van der Waals surface area contributed by atoms with Crippen molar-refractivity contribution in [2.75, 3.05) is 6.54 Å². The molecule has 0 aromatic heterocycles. The molecular formula is C12H15NO2S. The monoisotopic (exact) mass is 237 g/mol. The standard InChI is InChI=1S/C12H15NO2S/c1-9-7-11-5-4-10(3-2-6-13)8-12(11)16(9,14)15/h4-5,7-8H,2-3,6,13H2,1H3. The highest BCUT2D eigenvalue weighted by Gasteiger charge is 2.26. The van der Waals surface area contributed by atoms with Crippen LogP contribution < -0.4 is 5.73 Å². The van der Waals surface area contributed by atoms with Crippen LogP contribution in [0.4, 0.5) is 0 Å². The van der Waals surface area contributed by atoms with E-state index in [4.69, 9.17) is 5.73 Å². The molecule has 1 aromatic carbocycles. The van der Waals surface area contributed by atoms with Crippen LogP contribution in [0.5, 0.6) is 0 Å². The van der Waals surface area contributed by atoms with Gasteiger partial charge in [0.05, 0.1) is 4.90 Å². The predicted octanol–water partition coefficient (Wildman–Crippen LogP) is 1.73. The average Bonchev–Trinajstić information content (AvgIpc) is 2.48. The van der Waals surface area contributed by atoms with Crippen molar-refractivity contribution >= 4 is 15.9 Å². The Balaban J connectivity index is 2.41. The third kappa shape index (κ3) is 1.79. The summed E-state index contributed by atoms with van der Waals surface area (Å²) in [6.45, 7) is 2.26. The largest absolute Gasteiger partial charge is 0.330 e. The summed E-state index contributed by atoms with van der Waals surface area (Å²) in [6.07, 6.45) is 3.43. The van der Waals surface area contributed by atoms with E-state index in [1.165, 1.54) is 0 Å². The third-order valence-electron chi connectivity index (χ3n) is 2.82. The molecule has 0 saturated carbocycles. The van der Waals surface area contributed by atoms with Gasteiger partial charge in [0.2, 0.25) is 9.84 Å². The fourth-order valence-electron chi connectivity index (χ4n) is 1.86. The highest BCUT2D eigenvalue weighted by molar-refractivity contribution is 7.95. The van der Waals surface area contributed by atoms with Crippen molar-refractivity contribution in [1.29, 1.82) is 0 Å². The number of nitrogens with two attached hydrogens (primary N) is 1. The molecule has 4 heteroatoms. The number of sulfone groups is 1. The molecule has 0 fully saturated rings. The van der Waals surface area contributed by atoms with Gasteiger partial charge < -0.3 is 5.73 Å². The zero-order chi connectivity index (χ0) is 11.8. The molecule has 1 heterocycles. The number of benzene rings is 1. The minimum atomic E-state index is -3.20. The first-order valence-corrected chi connectivity index (χ1v) is 6.80. The van der Waals surface area contributed by atoms with Crippen LogP contribution in [0.3, 0.4) is 0 Å². The molecule has 1 aliphatic rings. The van der Waals surface area contributed by atoms with Crippen LogP contribution in [0, 0.1) is 0 Å². The molecule has 3 nitrogen and oxygen atoms in total. The molecule has 0 unspecified atom stereocenters. The molecule has 0 bridgehead atoms. The normalized spacial score (nSPS) is 17.0. The molecule has 16 heavy (non-hydrogen) atoms.